The number of ether oxygens (including phenoxy) is 9. The molecule has 3 saturated heterocycles. The molecule has 6 unspecified atom stereocenters. The van der Waals surface area contributed by atoms with Crippen molar-refractivity contribution in [1.29, 1.82) is 0 Å². The van der Waals surface area contributed by atoms with Gasteiger partial charge in [0.05, 0.1) is 58.8 Å². The van der Waals surface area contributed by atoms with E-state index in [0.717, 1.165) is 0 Å². The minimum Gasteiger partial charge on any atom is -0.502 e. The Bertz CT molecular complexity index is 1740. The van der Waals surface area contributed by atoms with Crippen LogP contribution in [0.3, 0.4) is 0 Å². The molecule has 19 heteroatoms. The van der Waals surface area contributed by atoms with Crippen LogP contribution in [-0.2, 0) is 46.9 Å². The minimum atomic E-state index is -3.40. The molecule has 4 aliphatic heterocycles. The molecule has 3 fully saturated rings. The number of carbonyl (C=O) groups excluding carboxylic acids is 2. The van der Waals surface area contributed by atoms with E-state index in [1.54, 1.807) is 38.1 Å². The summed E-state index contributed by atoms with van der Waals surface area (Å²) < 4.78 is 75.2. The van der Waals surface area contributed by atoms with E-state index in [1.807, 2.05) is 0 Å². The van der Waals surface area contributed by atoms with Crippen molar-refractivity contribution in [3.63, 3.8) is 0 Å². The molecule has 4 heterocycles. The number of amides is 1. The van der Waals surface area contributed by atoms with Crippen molar-refractivity contribution in [2.45, 2.75) is 62.9 Å². The Balaban J connectivity index is 1.11. The number of nitrogens with one attached hydrogen (secondary N) is 1. The van der Waals surface area contributed by atoms with Crippen LogP contribution in [0.15, 0.2) is 24.3 Å². The van der Waals surface area contributed by atoms with E-state index in [1.165, 1.54) is 14.2 Å². The summed E-state index contributed by atoms with van der Waals surface area (Å²) in [6.07, 6.45) is -9.27. The molecule has 0 spiro atoms. The lowest BCUT2D eigenvalue weighted by Crippen LogP contribution is -2.64. The fraction of sp³-hybridized carbons (Fsp3) is 0.600. The second kappa shape index (κ2) is 15.8. The third-order valence-corrected chi connectivity index (χ3v) is 12.2. The number of aliphatic hydroxyl groups is 2. The fourth-order valence-electron chi connectivity index (χ4n) is 7.71. The largest absolute Gasteiger partial charge is 0.502 e. The predicted molar refractivity (Wildman–Crippen MR) is 181 cm³/mol. The third kappa shape index (κ3) is 7.10. The number of benzene rings is 2. The van der Waals surface area contributed by atoms with E-state index in [-0.39, 0.29) is 63.2 Å². The number of cyclic esters (lactones) is 1. The number of phenolic OH excluding ortho intramolecular Hbond substituents is 1. The summed E-state index contributed by atoms with van der Waals surface area (Å²) in [5.41, 5.74) is 1.81. The number of esters is 1. The minimum absolute atomic E-state index is 0.0236. The highest BCUT2D eigenvalue weighted by molar-refractivity contribution is 7.53. The number of rotatable bonds is 13. The Kier molecular flexibility index (Phi) is 11.3. The van der Waals surface area contributed by atoms with Crippen LogP contribution < -0.4 is 24.3 Å². The van der Waals surface area contributed by atoms with Crippen LogP contribution in [0.5, 0.6) is 28.7 Å². The van der Waals surface area contributed by atoms with Crippen molar-refractivity contribution in [1.82, 2.24) is 5.32 Å². The molecule has 296 valence electrons. The van der Waals surface area contributed by atoms with Crippen molar-refractivity contribution in [2.75, 3.05) is 60.1 Å². The molecule has 2 aromatic carbocycles. The number of carbonyl (C=O) groups is 2. The van der Waals surface area contributed by atoms with E-state index in [2.05, 4.69) is 5.32 Å². The normalized spacial score (nSPS) is 31.2. The molecule has 0 aromatic heterocycles. The number of fused-ring (bicyclic) bond motifs is 4. The van der Waals surface area contributed by atoms with E-state index in [0.29, 0.717) is 28.2 Å². The van der Waals surface area contributed by atoms with Crippen LogP contribution in [0.2, 0.25) is 0 Å². The smallest absolute Gasteiger partial charge is 0.332 e. The Morgan fingerprint density at radius 3 is 2.24 bits per heavy atom. The van der Waals surface area contributed by atoms with Gasteiger partial charge in [-0.2, -0.15) is 0 Å². The number of methoxy groups -OCH3 is 2. The predicted octanol–water partition coefficient (Wildman–Crippen LogP) is 1.70. The van der Waals surface area contributed by atoms with Crippen molar-refractivity contribution in [3.8, 4) is 28.7 Å². The lowest BCUT2D eigenvalue weighted by molar-refractivity contribution is -0.361. The van der Waals surface area contributed by atoms with Crippen molar-refractivity contribution >= 4 is 19.5 Å². The SMILES string of the molecule is CCOP(=O)(CCNC(=O)C1OCC2OC(O[C@@H]3c4cc5c(cc4[C@@H](c4cc(OC)c(O)c(OC)c4)[C@H]4C(=O)OC[C@@H]43)OCO5)C(O)C(O)C2O1)OCC. The number of aliphatic hydroxyl groups excluding tert-OH is 2. The Labute approximate surface area is 310 Å². The van der Waals surface area contributed by atoms with Crippen LogP contribution in [0, 0.1) is 11.8 Å². The number of aromatic hydroxyl groups is 1. The summed E-state index contributed by atoms with van der Waals surface area (Å²) in [7, 11) is -0.596. The standard InChI is InChI=1S/C35H44NO17P/c1-5-49-54(42,50-6-2)8-7-36-32(40)35-46-14-24-31(53-35)28(38)29(39)34(51-24)52-30-18-12-21-20(47-15-48-21)11-17(18)25(26-19(30)13-45-33(26)41)16-9-22(43-3)27(37)23(10-16)44-4/h9-12,19,24-26,28-31,34-35,37-39H,5-8,13-15H2,1-4H3,(H,36,40)/t19-,24?,25+,26-,28?,29?,30+,31?,34?,35?/m0/s1. The Hall–Kier alpha value is -3.71. The van der Waals surface area contributed by atoms with Gasteiger partial charge in [0.15, 0.2) is 29.3 Å². The maximum atomic E-state index is 13.6. The number of hydrogen-bond donors (Lipinski definition) is 4. The van der Waals surface area contributed by atoms with Gasteiger partial charge in [0.25, 0.3) is 5.91 Å². The topological polar surface area (TPSA) is 225 Å². The van der Waals surface area contributed by atoms with Crippen molar-refractivity contribution < 1.29 is 81.2 Å². The fourth-order valence-corrected chi connectivity index (χ4v) is 9.21. The average Bonchev–Trinajstić information content (AvgIpc) is 3.79. The monoisotopic (exact) mass is 781 g/mol. The first-order valence-electron chi connectivity index (χ1n) is 17.7. The molecule has 4 N–H and O–H groups in total. The highest BCUT2D eigenvalue weighted by atomic mass is 31.2. The molecular weight excluding hydrogens is 737 g/mol. The van der Waals surface area contributed by atoms with Crippen LogP contribution in [-0.4, -0.2) is 124 Å². The molecule has 7 rings (SSSR count). The zero-order chi connectivity index (χ0) is 38.3. The van der Waals surface area contributed by atoms with Gasteiger partial charge in [-0.1, -0.05) is 0 Å². The lowest BCUT2D eigenvalue weighted by atomic mass is 9.66. The van der Waals surface area contributed by atoms with Gasteiger partial charge in [-0.15, -0.1) is 0 Å². The number of phenols is 1. The summed E-state index contributed by atoms with van der Waals surface area (Å²) in [6, 6.07) is 6.76. The Morgan fingerprint density at radius 2 is 1.59 bits per heavy atom. The van der Waals surface area contributed by atoms with E-state index in [9.17, 15) is 29.5 Å². The molecule has 1 aliphatic carbocycles. The summed E-state index contributed by atoms with van der Waals surface area (Å²) in [5, 5.41) is 35.9. The molecule has 2 aromatic rings. The zero-order valence-corrected chi connectivity index (χ0v) is 30.9. The molecule has 18 nitrogen and oxygen atoms in total. The van der Waals surface area contributed by atoms with Crippen LogP contribution in [0.1, 0.15) is 42.6 Å². The van der Waals surface area contributed by atoms with Gasteiger partial charge in [-0.3, -0.25) is 14.2 Å². The summed E-state index contributed by atoms with van der Waals surface area (Å²) in [4.78, 5) is 26.5. The molecule has 5 aliphatic rings. The van der Waals surface area contributed by atoms with Crippen LogP contribution in [0.4, 0.5) is 0 Å². The molecule has 0 saturated carbocycles. The van der Waals surface area contributed by atoms with Crippen molar-refractivity contribution in [2.24, 2.45) is 11.8 Å². The van der Waals surface area contributed by atoms with Gasteiger partial charge in [-0.25, -0.2) is 0 Å². The van der Waals surface area contributed by atoms with Gasteiger partial charge in [-0.05, 0) is 54.8 Å². The van der Waals surface area contributed by atoms with Gasteiger partial charge >= 0.3 is 13.6 Å². The van der Waals surface area contributed by atoms with Gasteiger partial charge in [0.2, 0.25) is 18.8 Å². The molecule has 0 radical (unpaired) electrons. The Morgan fingerprint density at radius 1 is 0.926 bits per heavy atom. The summed E-state index contributed by atoms with van der Waals surface area (Å²) in [5.74, 6) is -2.29. The van der Waals surface area contributed by atoms with Gasteiger partial charge in [0, 0.05) is 18.4 Å². The quantitative estimate of drug-likeness (QED) is 0.168. The molecule has 0 bridgehead atoms. The summed E-state index contributed by atoms with van der Waals surface area (Å²) in [6.45, 7) is 3.39. The third-order valence-electron chi connectivity index (χ3n) is 10.1. The highest BCUT2D eigenvalue weighted by Gasteiger charge is 2.56. The first-order chi connectivity index (χ1) is 26.0. The van der Waals surface area contributed by atoms with Crippen molar-refractivity contribution in [3.05, 3.63) is 41.0 Å². The first-order valence-corrected chi connectivity index (χ1v) is 19.4. The molecule has 1 amide bonds. The maximum Gasteiger partial charge on any atom is 0.332 e. The summed E-state index contributed by atoms with van der Waals surface area (Å²) >= 11 is 0. The van der Waals surface area contributed by atoms with E-state index < -0.39 is 80.3 Å². The molecular formula is C35H44NO17P. The lowest BCUT2D eigenvalue weighted by Gasteiger charge is -2.47. The van der Waals surface area contributed by atoms with Gasteiger partial charge in [0.1, 0.15) is 24.4 Å². The second-order valence-electron chi connectivity index (χ2n) is 13.2. The first kappa shape index (κ1) is 38.6. The molecule has 10 atom stereocenters. The van der Waals surface area contributed by atoms with E-state index >= 15 is 0 Å². The molecule has 54 heavy (non-hydrogen) atoms. The van der Waals surface area contributed by atoms with Gasteiger partial charge < -0.3 is 72.3 Å². The van der Waals surface area contributed by atoms with Crippen LogP contribution >= 0.6 is 7.60 Å². The number of hydrogen-bond acceptors (Lipinski definition) is 17. The van der Waals surface area contributed by atoms with Crippen LogP contribution in [0.25, 0.3) is 0 Å². The second-order valence-corrected chi connectivity index (χ2v) is 15.4. The van der Waals surface area contributed by atoms with E-state index in [4.69, 9.17) is 51.7 Å². The average molecular weight is 782 g/mol. The highest BCUT2D eigenvalue weighted by Crippen LogP contribution is 2.57. The zero-order valence-electron chi connectivity index (χ0n) is 30.0. The maximum absolute atomic E-state index is 13.6.